The molecule has 3 N–H and O–H groups in total. The molecule has 1 aromatic rings. The Labute approximate surface area is 146 Å². The van der Waals surface area contributed by atoms with Gasteiger partial charge in [0.1, 0.15) is 0 Å². The zero-order valence-corrected chi connectivity index (χ0v) is 16.2. The summed E-state index contributed by atoms with van der Waals surface area (Å²) in [6.45, 7) is 9.10. The molecule has 0 unspecified atom stereocenters. The molecule has 6 heteroatoms. The van der Waals surface area contributed by atoms with Crippen molar-refractivity contribution in [1.29, 1.82) is 0 Å². The van der Waals surface area contributed by atoms with Crippen molar-refractivity contribution >= 4 is 13.2 Å². The van der Waals surface area contributed by atoms with Crippen LogP contribution in [0.1, 0.15) is 58.9 Å². The molecule has 5 nitrogen and oxygen atoms in total. The van der Waals surface area contributed by atoms with Gasteiger partial charge in [-0.3, -0.25) is 0 Å². The van der Waals surface area contributed by atoms with Crippen molar-refractivity contribution in [2.75, 3.05) is 13.2 Å². The van der Waals surface area contributed by atoms with Crippen molar-refractivity contribution in [3.8, 4) is 11.5 Å². The summed E-state index contributed by atoms with van der Waals surface area (Å²) in [7, 11) is -4.10. The van der Waals surface area contributed by atoms with Gasteiger partial charge >= 0.3 is 7.94 Å². The lowest BCUT2D eigenvalue weighted by molar-refractivity contribution is 0.285. The quantitative estimate of drug-likeness (QED) is 0.415. The molecule has 138 valence electrons. The molecule has 0 radical (unpaired) electrons. The Hall–Kier alpha value is -0.870. The highest BCUT2D eigenvalue weighted by atomic mass is 31.2. The third-order valence-corrected chi connectivity index (χ3v) is 4.89. The zero-order chi connectivity index (χ0) is 18.2. The molecule has 0 aromatic heterocycles. The molecule has 1 rings (SSSR count). The van der Waals surface area contributed by atoms with Crippen molar-refractivity contribution < 1.29 is 24.2 Å². The average molecular weight is 359 g/mol. The maximum Gasteiger partial charge on any atom is 0.441 e. The highest BCUT2D eigenvalue weighted by Gasteiger charge is 2.39. The average Bonchev–Trinajstić information content (AvgIpc) is 2.48. The van der Waals surface area contributed by atoms with E-state index in [1.165, 1.54) is 12.5 Å². The van der Waals surface area contributed by atoms with Crippen LogP contribution < -0.4 is 14.8 Å². The van der Waals surface area contributed by atoms with Crippen LogP contribution in [-0.4, -0.2) is 27.9 Å². The second-order valence-electron chi connectivity index (χ2n) is 6.32. The van der Waals surface area contributed by atoms with E-state index >= 15 is 0 Å². The van der Waals surface area contributed by atoms with Gasteiger partial charge in [-0.25, -0.2) is 0 Å². The second-order valence-corrected chi connectivity index (χ2v) is 7.94. The van der Waals surface area contributed by atoms with E-state index < -0.39 is 7.94 Å². The molecule has 0 heterocycles. The fourth-order valence-corrected chi connectivity index (χ4v) is 3.57. The monoisotopic (exact) mass is 359 g/mol. The molecule has 0 saturated carbocycles. The van der Waals surface area contributed by atoms with Gasteiger partial charge in [-0.15, -0.1) is 0 Å². The number of hydrogen-bond donors (Lipinski definition) is 3. The summed E-state index contributed by atoms with van der Waals surface area (Å²) in [5, 5.41) is 0.165. The first-order valence-corrected chi connectivity index (χ1v) is 10.4. The van der Waals surface area contributed by atoms with Crippen molar-refractivity contribution in [2.24, 2.45) is 5.92 Å². The van der Waals surface area contributed by atoms with E-state index in [-0.39, 0.29) is 5.30 Å². The summed E-state index contributed by atoms with van der Waals surface area (Å²) in [5.41, 5.74) is 0.646. The SMILES string of the molecule is CCOc1ccc([P+](O)(O)O)c(CCCCCC(C)C)c1OCC. The Morgan fingerprint density at radius 3 is 2.17 bits per heavy atom. The molecule has 0 spiro atoms. The summed E-state index contributed by atoms with van der Waals surface area (Å²) in [5.74, 6) is 1.78. The molecule has 1 aromatic carbocycles. The maximum atomic E-state index is 9.78. The molecule has 24 heavy (non-hydrogen) atoms. The standard InChI is InChI=1S/C18H32O5P/c1-5-22-16-12-13-17(24(19,20)21)15(18(16)23-6-2)11-9-7-8-10-14(3)4/h12-14,19-21H,5-11H2,1-4H3/q+1. The van der Waals surface area contributed by atoms with E-state index in [9.17, 15) is 14.7 Å². The van der Waals surface area contributed by atoms with Crippen molar-refractivity contribution in [1.82, 2.24) is 0 Å². The fraction of sp³-hybridized carbons (Fsp3) is 0.667. The van der Waals surface area contributed by atoms with Crippen LogP contribution in [0.2, 0.25) is 0 Å². The van der Waals surface area contributed by atoms with Crippen molar-refractivity contribution in [3.63, 3.8) is 0 Å². The Morgan fingerprint density at radius 1 is 0.958 bits per heavy atom. The minimum Gasteiger partial charge on any atom is -0.490 e. The van der Waals surface area contributed by atoms with Gasteiger partial charge in [-0.1, -0.05) is 33.1 Å². The van der Waals surface area contributed by atoms with E-state index in [1.807, 2.05) is 13.8 Å². The van der Waals surface area contributed by atoms with Crippen molar-refractivity contribution in [2.45, 2.75) is 59.8 Å². The van der Waals surface area contributed by atoms with E-state index in [0.29, 0.717) is 42.6 Å². The van der Waals surface area contributed by atoms with Crippen LogP contribution >= 0.6 is 7.94 Å². The molecule has 0 fully saturated rings. The topological polar surface area (TPSA) is 79.2 Å². The van der Waals surface area contributed by atoms with Crippen LogP contribution in [0.25, 0.3) is 0 Å². The summed E-state index contributed by atoms with van der Waals surface area (Å²) in [6.07, 6.45) is 4.89. The summed E-state index contributed by atoms with van der Waals surface area (Å²) in [4.78, 5) is 29.4. The summed E-state index contributed by atoms with van der Waals surface area (Å²) >= 11 is 0. The third-order valence-electron chi connectivity index (χ3n) is 3.82. The Bertz CT molecular complexity index is 497. The molecule has 0 aliphatic carbocycles. The van der Waals surface area contributed by atoms with Gasteiger partial charge < -0.3 is 9.47 Å². The zero-order valence-electron chi connectivity index (χ0n) is 15.3. The minimum atomic E-state index is -4.10. The first-order chi connectivity index (χ1) is 11.3. The van der Waals surface area contributed by atoms with Gasteiger partial charge in [-0.05, 0) is 44.7 Å². The van der Waals surface area contributed by atoms with E-state index in [0.717, 1.165) is 19.3 Å². The number of hydrogen-bond acceptors (Lipinski definition) is 5. The first kappa shape index (κ1) is 21.2. The lowest BCUT2D eigenvalue weighted by atomic mass is 10.0. The molecular formula is C18H32O5P+. The van der Waals surface area contributed by atoms with Crippen LogP contribution in [-0.2, 0) is 6.42 Å². The predicted molar refractivity (Wildman–Crippen MR) is 99.0 cm³/mol. The van der Waals surface area contributed by atoms with Gasteiger partial charge in [0.05, 0.1) is 13.2 Å². The summed E-state index contributed by atoms with van der Waals surface area (Å²) in [6, 6.07) is 3.16. The molecule has 0 atom stereocenters. The number of benzene rings is 1. The number of rotatable bonds is 11. The van der Waals surface area contributed by atoms with Crippen LogP contribution in [0, 0.1) is 5.92 Å². The summed E-state index contributed by atoms with van der Waals surface area (Å²) < 4.78 is 11.3. The normalized spacial score (nSPS) is 11.8. The van der Waals surface area contributed by atoms with Gasteiger partial charge in [0.25, 0.3) is 0 Å². The molecule has 0 bridgehead atoms. The van der Waals surface area contributed by atoms with Gasteiger partial charge in [-0.2, -0.15) is 14.7 Å². The van der Waals surface area contributed by atoms with Crippen LogP contribution in [0.15, 0.2) is 12.1 Å². The Kier molecular flexibility index (Phi) is 8.99. The highest BCUT2D eigenvalue weighted by Crippen LogP contribution is 2.47. The van der Waals surface area contributed by atoms with Gasteiger partial charge in [0, 0.05) is 5.56 Å². The predicted octanol–water partition coefficient (Wildman–Crippen LogP) is 3.61. The van der Waals surface area contributed by atoms with Crippen LogP contribution in [0.3, 0.4) is 0 Å². The smallest absolute Gasteiger partial charge is 0.441 e. The lowest BCUT2D eigenvalue weighted by Gasteiger charge is -2.18. The molecular weight excluding hydrogens is 327 g/mol. The first-order valence-electron chi connectivity index (χ1n) is 8.80. The number of unbranched alkanes of at least 4 members (excludes halogenated alkanes) is 2. The van der Waals surface area contributed by atoms with Crippen molar-refractivity contribution in [3.05, 3.63) is 17.7 Å². The largest absolute Gasteiger partial charge is 0.490 e. The van der Waals surface area contributed by atoms with Gasteiger partial charge in [0.2, 0.25) is 0 Å². The van der Waals surface area contributed by atoms with Crippen LogP contribution in [0.4, 0.5) is 0 Å². The second kappa shape index (κ2) is 10.2. The lowest BCUT2D eigenvalue weighted by Crippen LogP contribution is -2.18. The van der Waals surface area contributed by atoms with E-state index in [1.54, 1.807) is 6.07 Å². The molecule has 0 amide bonds. The van der Waals surface area contributed by atoms with Crippen LogP contribution in [0.5, 0.6) is 11.5 Å². The fourth-order valence-electron chi connectivity index (χ4n) is 2.72. The molecule has 0 saturated heterocycles. The third kappa shape index (κ3) is 6.56. The van der Waals surface area contributed by atoms with E-state index in [2.05, 4.69) is 13.8 Å². The Balaban J connectivity index is 3.03. The maximum absolute atomic E-state index is 9.78. The Morgan fingerprint density at radius 2 is 1.62 bits per heavy atom. The highest BCUT2D eigenvalue weighted by molar-refractivity contribution is 7.66. The number of ether oxygens (including phenoxy) is 2. The molecule has 0 aliphatic rings. The van der Waals surface area contributed by atoms with Gasteiger partial charge in [0.15, 0.2) is 16.8 Å². The minimum absolute atomic E-state index is 0.165. The van der Waals surface area contributed by atoms with E-state index in [4.69, 9.17) is 9.47 Å². The molecule has 0 aliphatic heterocycles.